The summed E-state index contributed by atoms with van der Waals surface area (Å²) in [7, 11) is 1.36. The minimum atomic E-state index is -0.565. The summed E-state index contributed by atoms with van der Waals surface area (Å²) in [5.74, 6) is -0.404. The number of hydrogen-bond acceptors (Lipinski definition) is 7. The van der Waals surface area contributed by atoms with Crippen molar-refractivity contribution in [2.45, 2.75) is 39.3 Å². The van der Waals surface area contributed by atoms with Crippen LogP contribution in [-0.4, -0.2) is 42.3 Å². The highest BCUT2D eigenvalue weighted by Gasteiger charge is 2.22. The van der Waals surface area contributed by atoms with E-state index in [1.54, 1.807) is 6.20 Å². The fraction of sp³-hybridized carbons (Fsp3) is 0.381. The second-order valence-electron chi connectivity index (χ2n) is 7.73. The fourth-order valence-corrected chi connectivity index (χ4v) is 4.08. The van der Waals surface area contributed by atoms with E-state index in [0.717, 1.165) is 21.0 Å². The molecule has 0 saturated carbocycles. The highest BCUT2D eigenvalue weighted by molar-refractivity contribution is 7.21. The van der Waals surface area contributed by atoms with Gasteiger partial charge in [-0.1, -0.05) is 6.07 Å². The highest BCUT2D eigenvalue weighted by Crippen LogP contribution is 2.40. The number of esters is 1. The van der Waals surface area contributed by atoms with Gasteiger partial charge in [0.2, 0.25) is 0 Å². The predicted molar refractivity (Wildman–Crippen MR) is 116 cm³/mol. The number of benzene rings is 1. The molecule has 1 atom stereocenters. The van der Waals surface area contributed by atoms with E-state index in [0.29, 0.717) is 17.1 Å². The first-order valence-electron chi connectivity index (χ1n) is 9.31. The molecule has 0 radical (unpaired) electrons. The van der Waals surface area contributed by atoms with Gasteiger partial charge in [0.05, 0.1) is 18.3 Å². The summed E-state index contributed by atoms with van der Waals surface area (Å²) >= 11 is 1.37. The number of carbonyl (C=O) groups is 2. The van der Waals surface area contributed by atoms with E-state index in [1.807, 2.05) is 52.0 Å². The summed E-state index contributed by atoms with van der Waals surface area (Å²) in [6.07, 6.45) is 1.26. The summed E-state index contributed by atoms with van der Waals surface area (Å²) in [6, 6.07) is 7.51. The Morgan fingerprint density at radius 2 is 2.00 bits per heavy atom. The van der Waals surface area contributed by atoms with Gasteiger partial charge in [-0.15, -0.1) is 11.3 Å². The Balaban J connectivity index is 1.90. The van der Waals surface area contributed by atoms with Crippen LogP contribution >= 0.6 is 11.3 Å². The van der Waals surface area contributed by atoms with Crippen LogP contribution in [0.5, 0.6) is 0 Å². The van der Waals surface area contributed by atoms with Gasteiger partial charge in [-0.25, -0.2) is 9.59 Å². The Morgan fingerprint density at radius 1 is 1.24 bits per heavy atom. The van der Waals surface area contributed by atoms with Crippen LogP contribution < -0.4 is 10.6 Å². The minimum Gasteiger partial charge on any atom is -0.465 e. The average molecular weight is 416 g/mol. The summed E-state index contributed by atoms with van der Waals surface area (Å²) in [4.78, 5) is 29.3. The third-order valence-corrected chi connectivity index (χ3v) is 5.29. The number of carbonyl (C=O) groups excluding carboxylic acids is 2. The molecule has 2 N–H and O–H groups in total. The van der Waals surface area contributed by atoms with Gasteiger partial charge in [-0.3, -0.25) is 4.98 Å². The zero-order valence-electron chi connectivity index (χ0n) is 17.2. The number of hydrogen-bond donors (Lipinski definition) is 2. The van der Waals surface area contributed by atoms with Gasteiger partial charge >= 0.3 is 12.1 Å². The van der Waals surface area contributed by atoms with Gasteiger partial charge in [-0.2, -0.15) is 0 Å². The molecule has 8 heteroatoms. The topological polar surface area (TPSA) is 89.5 Å². The molecule has 0 bridgehead atoms. The number of rotatable bonds is 5. The number of pyridine rings is 1. The molecule has 3 rings (SSSR count). The molecule has 7 nitrogen and oxygen atoms in total. The SMILES string of the molecule is COC(=O)c1sc2ccc3ncccc3c2c1NC[C@H](C)NC(=O)OC(C)(C)C. The van der Waals surface area contributed by atoms with Crippen molar-refractivity contribution in [1.82, 2.24) is 10.3 Å². The van der Waals surface area contributed by atoms with Crippen molar-refractivity contribution < 1.29 is 19.1 Å². The number of thiophene rings is 1. The molecular weight excluding hydrogens is 390 g/mol. The Kier molecular flexibility index (Phi) is 5.93. The van der Waals surface area contributed by atoms with E-state index in [2.05, 4.69) is 15.6 Å². The molecule has 2 aromatic heterocycles. The molecular formula is C21H25N3O4S. The lowest BCUT2D eigenvalue weighted by molar-refractivity contribution is 0.0509. The van der Waals surface area contributed by atoms with Crippen LogP contribution in [-0.2, 0) is 9.47 Å². The molecule has 0 fully saturated rings. The zero-order chi connectivity index (χ0) is 21.2. The van der Waals surface area contributed by atoms with Crippen molar-refractivity contribution in [3.63, 3.8) is 0 Å². The Morgan fingerprint density at radius 3 is 2.69 bits per heavy atom. The number of methoxy groups -OCH3 is 1. The van der Waals surface area contributed by atoms with E-state index in [1.165, 1.54) is 18.4 Å². The van der Waals surface area contributed by atoms with Crippen molar-refractivity contribution in [2.24, 2.45) is 0 Å². The zero-order valence-corrected chi connectivity index (χ0v) is 18.0. The maximum atomic E-state index is 12.4. The molecule has 0 saturated heterocycles. The fourth-order valence-electron chi connectivity index (χ4n) is 2.97. The van der Waals surface area contributed by atoms with E-state index in [9.17, 15) is 9.59 Å². The van der Waals surface area contributed by atoms with Crippen LogP contribution in [0, 0.1) is 0 Å². The van der Waals surface area contributed by atoms with Crippen LogP contribution in [0.25, 0.3) is 21.0 Å². The average Bonchev–Trinajstić information content (AvgIpc) is 3.03. The number of alkyl carbamates (subject to hydrolysis) is 1. The first-order valence-corrected chi connectivity index (χ1v) is 10.1. The molecule has 0 unspecified atom stereocenters. The van der Waals surface area contributed by atoms with Gasteiger partial charge in [0.1, 0.15) is 10.5 Å². The third-order valence-electron chi connectivity index (χ3n) is 4.15. The molecule has 154 valence electrons. The monoisotopic (exact) mass is 415 g/mol. The van der Waals surface area contributed by atoms with Crippen molar-refractivity contribution in [2.75, 3.05) is 19.0 Å². The predicted octanol–water partition coefficient (Wildman–Crippen LogP) is 4.56. The largest absolute Gasteiger partial charge is 0.465 e. The summed E-state index contributed by atoms with van der Waals surface area (Å²) < 4.78 is 11.2. The first-order chi connectivity index (χ1) is 13.7. The van der Waals surface area contributed by atoms with E-state index < -0.39 is 17.7 Å². The quantitative estimate of drug-likeness (QED) is 0.594. The Hall–Kier alpha value is -2.87. The first kappa shape index (κ1) is 20.9. The number of nitrogens with zero attached hydrogens (tertiary/aromatic N) is 1. The van der Waals surface area contributed by atoms with E-state index in [-0.39, 0.29) is 6.04 Å². The molecule has 0 aliphatic rings. The van der Waals surface area contributed by atoms with Crippen molar-refractivity contribution in [3.8, 4) is 0 Å². The number of anilines is 1. The van der Waals surface area contributed by atoms with Crippen LogP contribution in [0.1, 0.15) is 37.4 Å². The van der Waals surface area contributed by atoms with Gasteiger partial charge < -0.3 is 20.1 Å². The smallest absolute Gasteiger partial charge is 0.407 e. The van der Waals surface area contributed by atoms with Gasteiger partial charge in [0.15, 0.2) is 0 Å². The standard InChI is InChI=1S/C21H25N3O4S/c1-12(24-20(26)28-21(2,3)4)11-23-17-16-13-7-6-10-22-14(13)8-9-15(16)29-18(17)19(25)27-5/h6-10,12,23H,11H2,1-5H3,(H,24,26)/t12-/m0/s1. The lowest BCUT2D eigenvalue weighted by Gasteiger charge is -2.22. The molecule has 2 heterocycles. The Bertz CT molecular complexity index is 1060. The lowest BCUT2D eigenvalue weighted by atomic mass is 10.1. The van der Waals surface area contributed by atoms with Crippen LogP contribution in [0.3, 0.4) is 0 Å². The Labute approximate surface area is 173 Å². The van der Waals surface area contributed by atoms with Crippen molar-refractivity contribution in [3.05, 3.63) is 35.3 Å². The van der Waals surface area contributed by atoms with Crippen molar-refractivity contribution >= 4 is 50.1 Å². The third kappa shape index (κ3) is 4.76. The second-order valence-corrected chi connectivity index (χ2v) is 8.79. The van der Waals surface area contributed by atoms with Gasteiger partial charge in [0, 0.05) is 34.3 Å². The summed E-state index contributed by atoms with van der Waals surface area (Å²) in [5.41, 5.74) is 0.968. The molecule has 1 amide bonds. The number of nitrogens with one attached hydrogen (secondary N) is 2. The number of ether oxygens (including phenoxy) is 2. The maximum Gasteiger partial charge on any atom is 0.407 e. The molecule has 1 aromatic carbocycles. The van der Waals surface area contributed by atoms with Gasteiger partial charge in [0.25, 0.3) is 0 Å². The number of fused-ring (bicyclic) bond motifs is 3. The summed E-state index contributed by atoms with van der Waals surface area (Å²) in [6.45, 7) is 7.72. The second kappa shape index (κ2) is 8.24. The molecule has 29 heavy (non-hydrogen) atoms. The number of aromatic nitrogens is 1. The van der Waals surface area contributed by atoms with Gasteiger partial charge in [-0.05, 0) is 45.9 Å². The van der Waals surface area contributed by atoms with Crippen LogP contribution in [0.15, 0.2) is 30.5 Å². The van der Waals surface area contributed by atoms with E-state index in [4.69, 9.17) is 9.47 Å². The molecule has 3 aromatic rings. The van der Waals surface area contributed by atoms with E-state index >= 15 is 0 Å². The molecule has 0 aliphatic carbocycles. The summed E-state index contributed by atoms with van der Waals surface area (Å²) in [5, 5.41) is 7.99. The minimum absolute atomic E-state index is 0.224. The van der Waals surface area contributed by atoms with Crippen LogP contribution in [0.2, 0.25) is 0 Å². The molecule has 0 spiro atoms. The number of amides is 1. The molecule has 0 aliphatic heterocycles. The van der Waals surface area contributed by atoms with Crippen LogP contribution in [0.4, 0.5) is 10.5 Å². The maximum absolute atomic E-state index is 12.4. The highest BCUT2D eigenvalue weighted by atomic mass is 32.1. The van der Waals surface area contributed by atoms with Crippen molar-refractivity contribution in [1.29, 1.82) is 0 Å². The normalized spacial score (nSPS) is 12.6. The lowest BCUT2D eigenvalue weighted by Crippen LogP contribution is -2.40.